The van der Waals surface area contributed by atoms with Gasteiger partial charge in [0.2, 0.25) is 5.60 Å². The summed E-state index contributed by atoms with van der Waals surface area (Å²) in [5.74, 6) is -1.83. The van der Waals surface area contributed by atoms with Gasteiger partial charge in [-0.15, -0.1) is 0 Å². The lowest BCUT2D eigenvalue weighted by molar-refractivity contribution is -0.166. The maximum Gasteiger partial charge on any atom is 0.417 e. The lowest BCUT2D eigenvalue weighted by Crippen LogP contribution is -2.65. The van der Waals surface area contributed by atoms with Crippen molar-refractivity contribution >= 4 is 11.9 Å². The number of carbonyl (C=O) groups excluding carboxylic acids is 1. The first-order valence-electron chi connectivity index (χ1n) is 10.4. The molecule has 1 aromatic carbocycles. The zero-order valence-corrected chi connectivity index (χ0v) is 17.9. The van der Waals surface area contributed by atoms with E-state index < -0.39 is 40.8 Å². The van der Waals surface area contributed by atoms with Crippen LogP contribution in [0.1, 0.15) is 54.1 Å². The quantitative estimate of drug-likeness (QED) is 0.689. The number of ether oxygens (including phenoxy) is 1. The van der Waals surface area contributed by atoms with Gasteiger partial charge in [0.1, 0.15) is 5.75 Å². The number of benzene rings is 1. The Labute approximate surface area is 184 Å². The molecule has 1 aliphatic heterocycles. The molecule has 172 valence electrons. The standard InChI is InChI=1S/C23H25F3N2O4/c1-3-5-19-22(21(30)31,32-16-8-6-15(2)7-9-16)11-4-13-28(19)20(29)17-14-27-12-10-18(17)23(24,25)26/h6-10,12,14,19H,3-5,11,13H2,1-2H3,(H,30,31)/t19-,22+/m1/s1. The van der Waals surface area contributed by atoms with E-state index in [1.54, 1.807) is 24.3 Å². The molecule has 1 N–H and O–H groups in total. The van der Waals surface area contributed by atoms with Crippen molar-refractivity contribution in [2.75, 3.05) is 6.54 Å². The number of amides is 1. The van der Waals surface area contributed by atoms with Crippen LogP contribution in [-0.4, -0.2) is 45.1 Å². The van der Waals surface area contributed by atoms with Gasteiger partial charge < -0.3 is 14.7 Å². The summed E-state index contributed by atoms with van der Waals surface area (Å²) in [7, 11) is 0. The van der Waals surface area contributed by atoms with Crippen molar-refractivity contribution in [2.45, 2.75) is 57.3 Å². The summed E-state index contributed by atoms with van der Waals surface area (Å²) >= 11 is 0. The highest BCUT2D eigenvalue weighted by molar-refractivity contribution is 5.96. The largest absolute Gasteiger partial charge is 0.478 e. The first kappa shape index (κ1) is 23.6. The number of alkyl halides is 3. The molecule has 0 spiro atoms. The molecular weight excluding hydrogens is 425 g/mol. The number of piperidine rings is 1. The lowest BCUT2D eigenvalue weighted by atomic mass is 9.81. The fourth-order valence-electron chi connectivity index (χ4n) is 4.19. The Morgan fingerprint density at radius 3 is 2.53 bits per heavy atom. The van der Waals surface area contributed by atoms with Crippen LogP contribution in [0, 0.1) is 6.92 Å². The third-order valence-electron chi connectivity index (χ3n) is 5.72. The van der Waals surface area contributed by atoms with E-state index in [1.165, 1.54) is 4.90 Å². The Morgan fingerprint density at radius 2 is 1.94 bits per heavy atom. The molecule has 1 saturated heterocycles. The maximum atomic E-state index is 13.5. The van der Waals surface area contributed by atoms with Crippen LogP contribution in [0.5, 0.6) is 5.75 Å². The number of pyridine rings is 1. The molecule has 0 bridgehead atoms. The molecule has 0 aliphatic carbocycles. The molecule has 9 heteroatoms. The van der Waals surface area contributed by atoms with E-state index >= 15 is 0 Å². The second-order valence-corrected chi connectivity index (χ2v) is 7.94. The highest BCUT2D eigenvalue weighted by atomic mass is 19.4. The molecule has 1 aliphatic rings. The van der Waals surface area contributed by atoms with Crippen molar-refractivity contribution < 1.29 is 32.6 Å². The molecule has 6 nitrogen and oxygen atoms in total. The second-order valence-electron chi connectivity index (χ2n) is 7.94. The van der Waals surface area contributed by atoms with Crippen molar-refractivity contribution in [1.29, 1.82) is 0 Å². The van der Waals surface area contributed by atoms with E-state index in [9.17, 15) is 27.9 Å². The fraction of sp³-hybridized carbons (Fsp3) is 0.435. The summed E-state index contributed by atoms with van der Waals surface area (Å²) in [4.78, 5) is 30.7. The van der Waals surface area contributed by atoms with Gasteiger partial charge in [-0.05, 0) is 38.0 Å². The van der Waals surface area contributed by atoms with Crippen molar-refractivity contribution in [1.82, 2.24) is 9.88 Å². The highest BCUT2D eigenvalue weighted by Crippen LogP contribution is 2.38. The van der Waals surface area contributed by atoms with Gasteiger partial charge in [0.25, 0.3) is 5.91 Å². The normalized spacial score (nSPS) is 21.3. The van der Waals surface area contributed by atoms with E-state index in [0.29, 0.717) is 12.2 Å². The van der Waals surface area contributed by atoms with Crippen LogP contribution >= 0.6 is 0 Å². The van der Waals surface area contributed by atoms with Gasteiger partial charge in [-0.1, -0.05) is 31.0 Å². The van der Waals surface area contributed by atoms with Crippen molar-refractivity contribution in [3.05, 3.63) is 59.4 Å². The van der Waals surface area contributed by atoms with Crippen LogP contribution in [0.25, 0.3) is 0 Å². The molecule has 3 rings (SSSR count). The predicted molar refractivity (Wildman–Crippen MR) is 110 cm³/mol. The van der Waals surface area contributed by atoms with Crippen molar-refractivity contribution in [3.8, 4) is 5.75 Å². The summed E-state index contributed by atoms with van der Waals surface area (Å²) in [5.41, 5.74) is -2.51. The zero-order valence-electron chi connectivity index (χ0n) is 17.9. The predicted octanol–water partition coefficient (Wildman–Crippen LogP) is 4.72. The number of carbonyl (C=O) groups is 2. The number of hydrogen-bond acceptors (Lipinski definition) is 4. The van der Waals surface area contributed by atoms with E-state index in [1.807, 2.05) is 13.8 Å². The molecule has 1 amide bonds. The Hall–Kier alpha value is -3.10. The number of aromatic nitrogens is 1. The average molecular weight is 450 g/mol. The smallest absolute Gasteiger partial charge is 0.417 e. The van der Waals surface area contributed by atoms with Crippen LogP contribution in [0.2, 0.25) is 0 Å². The Morgan fingerprint density at radius 1 is 1.25 bits per heavy atom. The molecule has 0 unspecified atom stereocenters. The molecule has 2 heterocycles. The third-order valence-corrected chi connectivity index (χ3v) is 5.72. The highest BCUT2D eigenvalue weighted by Gasteiger charge is 2.54. The molecule has 1 fully saturated rings. The van der Waals surface area contributed by atoms with Crippen molar-refractivity contribution in [3.63, 3.8) is 0 Å². The van der Waals surface area contributed by atoms with Crippen LogP contribution in [0.4, 0.5) is 13.2 Å². The van der Waals surface area contributed by atoms with Crippen molar-refractivity contribution in [2.24, 2.45) is 0 Å². The van der Waals surface area contributed by atoms with Crippen LogP contribution in [0.15, 0.2) is 42.7 Å². The van der Waals surface area contributed by atoms with E-state index in [4.69, 9.17) is 4.74 Å². The summed E-state index contributed by atoms with van der Waals surface area (Å²) in [6.45, 7) is 3.83. The number of aryl methyl sites for hydroxylation is 1. The minimum atomic E-state index is -4.74. The molecular formula is C23H25F3N2O4. The monoisotopic (exact) mass is 450 g/mol. The molecule has 2 aromatic rings. The van der Waals surface area contributed by atoms with Crippen LogP contribution in [-0.2, 0) is 11.0 Å². The van der Waals surface area contributed by atoms with Crippen LogP contribution in [0.3, 0.4) is 0 Å². The second kappa shape index (κ2) is 9.18. The number of nitrogens with zero attached hydrogens (tertiary/aromatic N) is 2. The topological polar surface area (TPSA) is 79.7 Å². The molecule has 32 heavy (non-hydrogen) atoms. The number of halogens is 3. The zero-order chi connectivity index (χ0) is 23.5. The van der Waals surface area contributed by atoms with E-state index in [-0.39, 0.29) is 25.8 Å². The minimum Gasteiger partial charge on any atom is -0.478 e. The molecule has 1 aromatic heterocycles. The summed E-state index contributed by atoms with van der Waals surface area (Å²) in [5, 5.41) is 10.2. The maximum absolute atomic E-state index is 13.5. The minimum absolute atomic E-state index is 0.127. The Kier molecular flexibility index (Phi) is 6.76. The number of carboxylic acids is 1. The van der Waals surface area contributed by atoms with Gasteiger partial charge in [0.05, 0.1) is 17.2 Å². The average Bonchev–Trinajstić information content (AvgIpc) is 2.75. The summed E-state index contributed by atoms with van der Waals surface area (Å²) in [6.07, 6.45) is -1.72. The number of hydrogen-bond donors (Lipinski definition) is 1. The van der Waals surface area contributed by atoms with Gasteiger partial charge in [0, 0.05) is 25.4 Å². The van der Waals surface area contributed by atoms with Gasteiger partial charge in [-0.25, -0.2) is 4.79 Å². The van der Waals surface area contributed by atoms with Crippen LogP contribution < -0.4 is 4.74 Å². The molecule has 0 saturated carbocycles. The SMILES string of the molecule is CCC[C@H]1N(C(=O)c2cnccc2C(F)(F)F)CCC[C@@]1(Oc1ccc(C)cc1)C(=O)O. The molecule has 0 radical (unpaired) electrons. The van der Waals surface area contributed by atoms with Gasteiger partial charge in [-0.2, -0.15) is 13.2 Å². The first-order valence-corrected chi connectivity index (χ1v) is 10.4. The number of aliphatic carboxylic acids is 1. The van der Waals surface area contributed by atoms with Gasteiger partial charge in [0.15, 0.2) is 0 Å². The number of carboxylic acid groups (broad SMARTS) is 1. The third kappa shape index (κ3) is 4.56. The van der Waals surface area contributed by atoms with Gasteiger partial charge >= 0.3 is 12.1 Å². The number of likely N-dealkylation sites (tertiary alicyclic amines) is 1. The van der Waals surface area contributed by atoms with E-state index in [2.05, 4.69) is 4.98 Å². The fourth-order valence-corrected chi connectivity index (χ4v) is 4.19. The Bertz CT molecular complexity index is 978. The molecule has 2 atom stereocenters. The first-order chi connectivity index (χ1) is 15.1. The number of rotatable bonds is 6. The summed E-state index contributed by atoms with van der Waals surface area (Å²) < 4.78 is 46.5. The summed E-state index contributed by atoms with van der Waals surface area (Å²) in [6, 6.07) is 6.64. The lowest BCUT2D eigenvalue weighted by Gasteiger charge is -2.47. The Balaban J connectivity index is 2.04. The van der Waals surface area contributed by atoms with E-state index in [0.717, 1.165) is 24.0 Å². The van der Waals surface area contributed by atoms with Gasteiger partial charge in [-0.3, -0.25) is 9.78 Å².